The maximum Gasteiger partial charge on any atom is 0.346 e. The molecule has 12 heteroatoms. The Bertz CT molecular complexity index is 1320. The van der Waals surface area contributed by atoms with Crippen LogP contribution in [0.15, 0.2) is 90.2 Å². The predicted molar refractivity (Wildman–Crippen MR) is 167 cm³/mol. The number of aliphatic imine (C=N–C) groups is 1. The van der Waals surface area contributed by atoms with Crippen molar-refractivity contribution in [3.63, 3.8) is 0 Å². The van der Waals surface area contributed by atoms with Crippen LogP contribution in [0.3, 0.4) is 0 Å². The Labute approximate surface area is 253 Å². The molecule has 1 heterocycles. The molecule has 232 valence electrons. The van der Waals surface area contributed by atoms with Gasteiger partial charge in [-0.1, -0.05) is 60.7 Å². The van der Waals surface area contributed by atoms with E-state index in [-0.39, 0.29) is 26.4 Å². The Morgan fingerprint density at radius 2 is 1.14 bits per heavy atom. The van der Waals surface area contributed by atoms with E-state index in [0.717, 1.165) is 11.1 Å². The fourth-order valence-electron chi connectivity index (χ4n) is 4.82. The molecule has 2 atom stereocenters. The van der Waals surface area contributed by atoms with Crippen LogP contribution in [-0.4, -0.2) is 61.6 Å². The Morgan fingerprint density at radius 3 is 1.51 bits per heavy atom. The predicted octanol–water partition coefficient (Wildman–Crippen LogP) is 7.10. The number of nitrogens with zero attached hydrogens (tertiary/aromatic N) is 2. The van der Waals surface area contributed by atoms with Crippen molar-refractivity contribution in [1.82, 2.24) is 4.98 Å². The summed E-state index contributed by atoms with van der Waals surface area (Å²) >= 11 is 0. The molecule has 0 aliphatic rings. The van der Waals surface area contributed by atoms with Crippen molar-refractivity contribution in [2.75, 3.05) is 33.5 Å². The molecule has 0 saturated carbocycles. The molecule has 0 radical (unpaired) electrons. The lowest BCUT2D eigenvalue weighted by atomic mass is 9.92. The molecule has 0 aliphatic heterocycles. The number of esters is 1. The molecule has 1 aromatic heterocycles. The Morgan fingerprint density at radius 1 is 0.721 bits per heavy atom. The maximum atomic E-state index is 14.8. The number of methoxy groups -OCH3 is 1. The van der Waals surface area contributed by atoms with Gasteiger partial charge in [-0.2, -0.15) is 0 Å². The van der Waals surface area contributed by atoms with Crippen LogP contribution in [0.25, 0.3) is 0 Å². The van der Waals surface area contributed by atoms with Crippen molar-refractivity contribution < 1.29 is 36.8 Å². The summed E-state index contributed by atoms with van der Waals surface area (Å²) in [4.78, 5) is 23.0. The zero-order valence-corrected chi connectivity index (χ0v) is 27.0. The molecule has 0 saturated heterocycles. The van der Waals surface area contributed by atoms with Gasteiger partial charge in [0, 0.05) is 29.4 Å². The van der Waals surface area contributed by atoms with E-state index in [4.69, 9.17) is 27.8 Å². The molecular formula is C31H40N2O8P2. The lowest BCUT2D eigenvalue weighted by Crippen LogP contribution is -2.38. The number of aromatic nitrogens is 1. The lowest BCUT2D eigenvalue weighted by molar-refractivity contribution is -0.142. The number of carbonyl (C=O) groups excluding carboxylic acids is 1. The van der Waals surface area contributed by atoms with E-state index in [2.05, 4.69) is 4.98 Å². The van der Waals surface area contributed by atoms with E-state index in [1.54, 1.807) is 39.8 Å². The molecule has 0 spiro atoms. The minimum absolute atomic E-state index is 0.0272. The van der Waals surface area contributed by atoms with E-state index in [9.17, 15) is 13.9 Å². The monoisotopic (exact) mass is 630 g/mol. The van der Waals surface area contributed by atoms with E-state index in [1.807, 2.05) is 60.7 Å². The highest BCUT2D eigenvalue weighted by molar-refractivity contribution is 7.72. The number of hydrogen-bond acceptors (Lipinski definition) is 10. The standard InChI is InChI=1S/C31H40N2O8P2/c1-6-38-42(35,39-7-2)31(43(36,40-8-3)41-9-4)27(24-20-22-32-23-21-24)29(30(34)37-5)33-28(25-16-12-10-13-17-25)26-18-14-11-15-19-26/h10-23,27,29,31H,6-9H2,1-5H3/t27-,29+/m1/s1. The maximum absolute atomic E-state index is 14.8. The fourth-order valence-corrected chi connectivity index (χ4v) is 10.7. The van der Waals surface area contributed by atoms with Crippen LogP contribution in [0.2, 0.25) is 0 Å². The molecule has 0 unspecified atom stereocenters. The summed E-state index contributed by atoms with van der Waals surface area (Å²) in [5.41, 5.74) is 2.37. The van der Waals surface area contributed by atoms with Gasteiger partial charge in [-0.3, -0.25) is 19.1 Å². The van der Waals surface area contributed by atoms with Crippen LogP contribution in [0.5, 0.6) is 0 Å². The highest BCUT2D eigenvalue weighted by Gasteiger charge is 2.58. The van der Waals surface area contributed by atoms with E-state index in [0.29, 0.717) is 11.3 Å². The molecule has 43 heavy (non-hydrogen) atoms. The first kappa shape index (κ1) is 34.5. The summed E-state index contributed by atoms with van der Waals surface area (Å²) in [6.07, 6.45) is 3.04. The van der Waals surface area contributed by atoms with Gasteiger partial charge in [0.05, 0.1) is 39.2 Å². The molecule has 3 rings (SSSR count). The summed E-state index contributed by atoms with van der Waals surface area (Å²) < 4.78 is 58.0. The number of hydrogen-bond donors (Lipinski definition) is 0. The second-order valence-corrected chi connectivity index (χ2v) is 13.9. The van der Waals surface area contributed by atoms with Gasteiger partial charge in [0.2, 0.25) is 0 Å². The van der Waals surface area contributed by atoms with Crippen molar-refractivity contribution in [3.05, 3.63) is 102 Å². The van der Waals surface area contributed by atoms with Crippen LogP contribution < -0.4 is 0 Å². The van der Waals surface area contributed by atoms with Gasteiger partial charge in [-0.25, -0.2) is 4.79 Å². The SMILES string of the molecule is CCOP(=O)(OCC)C([C@H](c1ccncc1)[C@H](N=C(c1ccccc1)c1ccccc1)C(=O)OC)P(=O)(OCC)OCC. The quantitative estimate of drug-likeness (QED) is 0.0873. The van der Waals surface area contributed by atoms with Gasteiger partial charge in [0.15, 0.2) is 11.4 Å². The first-order chi connectivity index (χ1) is 20.8. The van der Waals surface area contributed by atoms with Crippen molar-refractivity contribution in [3.8, 4) is 0 Å². The summed E-state index contributed by atoms with van der Waals surface area (Å²) in [6.45, 7) is 6.48. The molecule has 3 aromatic rings. The van der Waals surface area contributed by atoms with Crippen LogP contribution in [0.4, 0.5) is 0 Å². The topological polar surface area (TPSA) is 123 Å². The first-order valence-corrected chi connectivity index (χ1v) is 17.4. The molecule has 0 fully saturated rings. The first-order valence-electron chi connectivity index (χ1n) is 14.2. The van der Waals surface area contributed by atoms with E-state index >= 15 is 0 Å². The Hall–Kier alpha value is -2.97. The highest BCUT2D eigenvalue weighted by atomic mass is 31.2. The minimum Gasteiger partial charge on any atom is -0.467 e. The molecule has 2 aromatic carbocycles. The average Bonchev–Trinajstić information content (AvgIpc) is 3.02. The number of ether oxygens (including phenoxy) is 1. The lowest BCUT2D eigenvalue weighted by Gasteiger charge is -2.38. The van der Waals surface area contributed by atoms with Gasteiger partial charge in [0.25, 0.3) is 0 Å². The van der Waals surface area contributed by atoms with E-state index in [1.165, 1.54) is 19.5 Å². The van der Waals surface area contributed by atoms with Gasteiger partial charge in [-0.15, -0.1) is 0 Å². The zero-order valence-electron chi connectivity index (χ0n) is 25.2. The van der Waals surface area contributed by atoms with Crippen LogP contribution in [-0.2, 0) is 36.8 Å². The average molecular weight is 631 g/mol. The van der Waals surface area contributed by atoms with Gasteiger partial charge in [0.1, 0.15) is 0 Å². The molecule has 0 N–H and O–H groups in total. The number of carbonyl (C=O) groups is 1. The van der Waals surface area contributed by atoms with Crippen LogP contribution >= 0.6 is 15.2 Å². The van der Waals surface area contributed by atoms with Crippen molar-refractivity contribution in [1.29, 1.82) is 0 Å². The van der Waals surface area contributed by atoms with Crippen molar-refractivity contribution in [2.45, 2.75) is 45.1 Å². The Balaban J connectivity index is 2.47. The van der Waals surface area contributed by atoms with E-state index < -0.39 is 38.5 Å². The second kappa shape index (κ2) is 16.8. The Kier molecular flexibility index (Phi) is 13.5. The smallest absolute Gasteiger partial charge is 0.346 e. The third kappa shape index (κ3) is 8.57. The number of rotatable bonds is 17. The third-order valence-electron chi connectivity index (χ3n) is 6.44. The fraction of sp³-hybridized carbons (Fsp3) is 0.387. The summed E-state index contributed by atoms with van der Waals surface area (Å²) in [6, 6.07) is 20.6. The van der Waals surface area contributed by atoms with Gasteiger partial charge < -0.3 is 22.8 Å². The van der Waals surface area contributed by atoms with Gasteiger partial charge >= 0.3 is 21.2 Å². The van der Waals surface area contributed by atoms with Crippen LogP contribution in [0, 0.1) is 0 Å². The second-order valence-electron chi connectivity index (χ2n) is 9.15. The molecule has 10 nitrogen and oxygen atoms in total. The molecular weight excluding hydrogens is 590 g/mol. The summed E-state index contributed by atoms with van der Waals surface area (Å²) in [5.74, 6) is -1.97. The van der Waals surface area contributed by atoms with Crippen LogP contribution in [0.1, 0.15) is 50.3 Å². The van der Waals surface area contributed by atoms with Gasteiger partial charge in [-0.05, 0) is 45.4 Å². The molecule has 0 bridgehead atoms. The highest BCUT2D eigenvalue weighted by Crippen LogP contribution is 2.74. The molecule has 0 aliphatic carbocycles. The summed E-state index contributed by atoms with van der Waals surface area (Å²) in [5, 5.41) is -1.59. The zero-order chi connectivity index (χ0) is 31.3. The minimum atomic E-state index is -4.33. The largest absolute Gasteiger partial charge is 0.467 e. The number of pyridine rings is 1. The normalized spacial score (nSPS) is 13.3. The molecule has 0 amide bonds. The van der Waals surface area contributed by atoms with Crippen molar-refractivity contribution in [2.24, 2.45) is 4.99 Å². The van der Waals surface area contributed by atoms with Crippen molar-refractivity contribution >= 4 is 26.9 Å². The number of benzene rings is 2. The third-order valence-corrected chi connectivity index (χ3v) is 12.5. The summed E-state index contributed by atoms with van der Waals surface area (Å²) in [7, 11) is -7.43.